The van der Waals surface area contributed by atoms with Gasteiger partial charge in [-0.2, -0.15) is 0 Å². The number of aromatic nitrogens is 3. The molecule has 0 aromatic carbocycles. The van der Waals surface area contributed by atoms with E-state index in [4.69, 9.17) is 4.74 Å². The quantitative estimate of drug-likeness (QED) is 0.885. The Morgan fingerprint density at radius 1 is 1.44 bits per heavy atom. The van der Waals surface area contributed by atoms with Gasteiger partial charge in [-0.25, -0.2) is 4.79 Å². The highest BCUT2D eigenvalue weighted by molar-refractivity contribution is 5.74. The summed E-state index contributed by atoms with van der Waals surface area (Å²) in [5.41, 5.74) is 0.0591. The van der Waals surface area contributed by atoms with E-state index in [1.165, 1.54) is 0 Å². The van der Waals surface area contributed by atoms with Crippen LogP contribution in [-0.2, 0) is 11.3 Å². The number of hydrogen-bond acceptors (Lipinski definition) is 4. The van der Waals surface area contributed by atoms with Crippen LogP contribution in [0.1, 0.15) is 51.8 Å². The monoisotopic (exact) mass is 349 g/mol. The zero-order valence-electron chi connectivity index (χ0n) is 15.7. The topological polar surface area (TPSA) is 72.3 Å². The second kappa shape index (κ2) is 7.72. The molecular weight excluding hydrogens is 318 g/mol. The van der Waals surface area contributed by atoms with Crippen molar-refractivity contribution in [3.05, 3.63) is 12.2 Å². The summed E-state index contributed by atoms with van der Waals surface area (Å²) in [5.74, 6) is 1.79. The van der Waals surface area contributed by atoms with Crippen molar-refractivity contribution in [2.24, 2.45) is 11.3 Å². The molecule has 7 heteroatoms. The van der Waals surface area contributed by atoms with Gasteiger partial charge in [0.05, 0.1) is 0 Å². The first-order chi connectivity index (χ1) is 12.1. The predicted octanol–water partition coefficient (Wildman–Crippen LogP) is 2.25. The van der Waals surface area contributed by atoms with E-state index in [1.54, 1.807) is 0 Å². The van der Waals surface area contributed by atoms with Crippen molar-refractivity contribution in [3.8, 4) is 0 Å². The van der Waals surface area contributed by atoms with Gasteiger partial charge in [0.2, 0.25) is 0 Å². The second-order valence-corrected chi connectivity index (χ2v) is 7.88. The van der Waals surface area contributed by atoms with Crippen LogP contribution in [0.5, 0.6) is 0 Å². The lowest BCUT2D eigenvalue weighted by molar-refractivity contribution is 0.0118. The molecule has 7 nitrogen and oxygen atoms in total. The fraction of sp³-hybridized carbons (Fsp3) is 0.833. The smallest absolute Gasteiger partial charge is 0.317 e. The number of nitrogens with zero attached hydrogens (tertiary/aromatic N) is 4. The first-order valence-corrected chi connectivity index (χ1v) is 9.54. The van der Waals surface area contributed by atoms with E-state index in [0.29, 0.717) is 12.5 Å². The largest absolute Gasteiger partial charge is 0.381 e. The zero-order valence-corrected chi connectivity index (χ0v) is 15.7. The van der Waals surface area contributed by atoms with Crippen LogP contribution in [0, 0.1) is 11.3 Å². The molecule has 0 bridgehead atoms. The van der Waals surface area contributed by atoms with Crippen molar-refractivity contribution in [1.29, 1.82) is 0 Å². The molecule has 2 aliphatic heterocycles. The standard InChI is InChI=1S/C18H31N5O2/c1-4-7-19-17(24)22-11-15(18(12-22)5-8-25-9-6-18)16-21-20-13-23(16)10-14(2)3/h13-15H,4-12H2,1-3H3,(H,19,24). The summed E-state index contributed by atoms with van der Waals surface area (Å²) in [5, 5.41) is 11.7. The molecule has 3 rings (SSSR count). The highest BCUT2D eigenvalue weighted by Gasteiger charge is 2.51. The third-order valence-corrected chi connectivity index (χ3v) is 5.47. The van der Waals surface area contributed by atoms with E-state index in [2.05, 4.69) is 40.9 Å². The van der Waals surface area contributed by atoms with Crippen molar-refractivity contribution < 1.29 is 9.53 Å². The molecule has 1 aromatic rings. The molecule has 1 N–H and O–H groups in total. The molecule has 0 aliphatic carbocycles. The summed E-state index contributed by atoms with van der Waals surface area (Å²) < 4.78 is 7.80. The van der Waals surface area contributed by atoms with Crippen LogP contribution in [0.3, 0.4) is 0 Å². The number of amides is 2. The van der Waals surface area contributed by atoms with Crippen LogP contribution in [0.25, 0.3) is 0 Å². The Hall–Kier alpha value is -1.63. The molecule has 2 aliphatic rings. The van der Waals surface area contributed by atoms with Gasteiger partial charge >= 0.3 is 6.03 Å². The fourth-order valence-electron chi connectivity index (χ4n) is 4.18. The Morgan fingerprint density at radius 3 is 2.88 bits per heavy atom. The van der Waals surface area contributed by atoms with Crippen molar-refractivity contribution in [1.82, 2.24) is 25.0 Å². The van der Waals surface area contributed by atoms with Crippen molar-refractivity contribution >= 4 is 6.03 Å². The van der Waals surface area contributed by atoms with Crippen LogP contribution < -0.4 is 5.32 Å². The predicted molar refractivity (Wildman–Crippen MR) is 95.3 cm³/mol. The van der Waals surface area contributed by atoms with E-state index in [0.717, 1.165) is 57.9 Å². The maximum Gasteiger partial charge on any atom is 0.317 e. The van der Waals surface area contributed by atoms with E-state index in [-0.39, 0.29) is 17.4 Å². The first-order valence-electron chi connectivity index (χ1n) is 9.54. The Kier molecular flexibility index (Phi) is 5.61. The van der Waals surface area contributed by atoms with Gasteiger partial charge in [-0.3, -0.25) is 0 Å². The highest BCUT2D eigenvalue weighted by Crippen LogP contribution is 2.49. The summed E-state index contributed by atoms with van der Waals surface area (Å²) in [6.45, 7) is 11.1. The SMILES string of the molecule is CCCNC(=O)N1CC(c2nncn2CC(C)C)C2(CCOCC2)C1. The maximum absolute atomic E-state index is 12.5. The minimum atomic E-state index is 0.0464. The normalized spacial score (nSPS) is 22.7. The highest BCUT2D eigenvalue weighted by atomic mass is 16.5. The molecule has 2 fully saturated rings. The second-order valence-electron chi connectivity index (χ2n) is 7.88. The molecule has 0 saturated carbocycles. The third kappa shape index (κ3) is 3.81. The van der Waals surface area contributed by atoms with Crippen molar-refractivity contribution in [2.45, 2.75) is 52.5 Å². The van der Waals surface area contributed by atoms with Gasteiger partial charge in [-0.05, 0) is 25.2 Å². The molecule has 1 unspecified atom stereocenters. The summed E-state index contributed by atoms with van der Waals surface area (Å²) in [6, 6.07) is 0.0464. The van der Waals surface area contributed by atoms with Gasteiger partial charge in [-0.1, -0.05) is 20.8 Å². The van der Waals surface area contributed by atoms with Gasteiger partial charge in [0.15, 0.2) is 0 Å². The van der Waals surface area contributed by atoms with E-state index >= 15 is 0 Å². The average molecular weight is 349 g/mol. The number of hydrogen-bond donors (Lipinski definition) is 1. The minimum absolute atomic E-state index is 0.0464. The number of urea groups is 1. The van der Waals surface area contributed by atoms with Gasteiger partial charge < -0.3 is 19.5 Å². The lowest BCUT2D eigenvalue weighted by Crippen LogP contribution is -2.41. The molecule has 0 radical (unpaired) electrons. The number of likely N-dealkylation sites (tertiary alicyclic amines) is 1. The molecule has 1 aromatic heterocycles. The van der Waals surface area contributed by atoms with Gasteiger partial charge in [0, 0.05) is 50.7 Å². The molecule has 1 atom stereocenters. The van der Waals surface area contributed by atoms with Crippen LogP contribution >= 0.6 is 0 Å². The summed E-state index contributed by atoms with van der Waals surface area (Å²) >= 11 is 0. The van der Waals surface area contributed by atoms with Crippen LogP contribution in [-0.4, -0.2) is 58.5 Å². The summed E-state index contributed by atoms with van der Waals surface area (Å²) in [4.78, 5) is 14.5. The number of ether oxygens (including phenoxy) is 1. The zero-order chi connectivity index (χ0) is 17.9. The van der Waals surface area contributed by atoms with Crippen molar-refractivity contribution in [2.75, 3.05) is 32.8 Å². The van der Waals surface area contributed by atoms with Crippen LogP contribution in [0.2, 0.25) is 0 Å². The number of carbonyl (C=O) groups excluding carboxylic acids is 1. The third-order valence-electron chi connectivity index (χ3n) is 5.47. The van der Waals surface area contributed by atoms with Crippen LogP contribution in [0.4, 0.5) is 4.79 Å². The first kappa shape index (κ1) is 18.2. The maximum atomic E-state index is 12.5. The van der Waals surface area contributed by atoms with E-state index in [9.17, 15) is 4.79 Å². The molecule has 2 saturated heterocycles. The Morgan fingerprint density at radius 2 is 2.20 bits per heavy atom. The minimum Gasteiger partial charge on any atom is -0.381 e. The molecule has 3 heterocycles. The molecule has 2 amide bonds. The molecule has 140 valence electrons. The summed E-state index contributed by atoms with van der Waals surface area (Å²) in [6.07, 6.45) is 4.74. The Bertz CT molecular complexity index is 580. The Balaban J connectivity index is 1.84. The summed E-state index contributed by atoms with van der Waals surface area (Å²) in [7, 11) is 0. The lowest BCUT2D eigenvalue weighted by atomic mass is 9.71. The molecule has 1 spiro atoms. The van der Waals surface area contributed by atoms with E-state index < -0.39 is 0 Å². The van der Waals surface area contributed by atoms with Gasteiger partial charge in [-0.15, -0.1) is 10.2 Å². The molecule has 25 heavy (non-hydrogen) atoms. The van der Waals surface area contributed by atoms with Crippen LogP contribution in [0.15, 0.2) is 6.33 Å². The lowest BCUT2D eigenvalue weighted by Gasteiger charge is -2.37. The van der Waals surface area contributed by atoms with Gasteiger partial charge in [0.1, 0.15) is 12.2 Å². The number of rotatable bonds is 5. The Labute approximate surface area is 150 Å². The molecular formula is C18H31N5O2. The number of nitrogens with one attached hydrogen (secondary N) is 1. The number of carbonyl (C=O) groups is 1. The van der Waals surface area contributed by atoms with E-state index in [1.807, 2.05) is 11.2 Å². The van der Waals surface area contributed by atoms with Crippen molar-refractivity contribution in [3.63, 3.8) is 0 Å². The van der Waals surface area contributed by atoms with Gasteiger partial charge in [0.25, 0.3) is 0 Å². The fourth-order valence-corrected chi connectivity index (χ4v) is 4.18. The average Bonchev–Trinajstić information content (AvgIpc) is 3.17.